The van der Waals surface area contributed by atoms with Crippen molar-refractivity contribution < 1.29 is 4.79 Å². The minimum Gasteiger partial charge on any atom is -0.369 e. The first-order valence-corrected chi connectivity index (χ1v) is 6.24. The summed E-state index contributed by atoms with van der Waals surface area (Å²) in [6.07, 6.45) is 4.46. The summed E-state index contributed by atoms with van der Waals surface area (Å²) in [7, 11) is 0. The van der Waals surface area contributed by atoms with Crippen LogP contribution in [-0.4, -0.2) is 21.9 Å². The second-order valence-corrected chi connectivity index (χ2v) is 4.87. The molecule has 0 saturated heterocycles. The third kappa shape index (κ3) is 2.81. The van der Waals surface area contributed by atoms with Crippen molar-refractivity contribution in [2.75, 3.05) is 5.32 Å². The highest BCUT2D eigenvalue weighted by molar-refractivity contribution is 6.32. The Balaban J connectivity index is 1.98. The van der Waals surface area contributed by atoms with Crippen LogP contribution in [0.2, 0.25) is 5.02 Å². The summed E-state index contributed by atoms with van der Waals surface area (Å²) < 4.78 is 0. The number of primary amides is 1. The molecule has 1 saturated carbocycles. The SMILES string of the molecule is NC(=O)C1CCC(Nc2nc[nH]c(=O)c2Cl)CC1. The average molecular weight is 271 g/mol. The number of nitrogens with zero attached hydrogens (tertiary/aromatic N) is 1. The first-order valence-electron chi connectivity index (χ1n) is 5.87. The fourth-order valence-corrected chi connectivity index (χ4v) is 2.36. The van der Waals surface area contributed by atoms with E-state index in [0.29, 0.717) is 5.82 Å². The molecule has 0 atom stereocenters. The van der Waals surface area contributed by atoms with E-state index in [-0.39, 0.29) is 28.4 Å². The first-order chi connectivity index (χ1) is 8.58. The molecule has 0 radical (unpaired) electrons. The Morgan fingerprint density at radius 1 is 1.44 bits per heavy atom. The van der Waals surface area contributed by atoms with Gasteiger partial charge in [-0.15, -0.1) is 0 Å². The van der Waals surface area contributed by atoms with Crippen LogP contribution in [0.15, 0.2) is 11.1 Å². The van der Waals surface area contributed by atoms with E-state index in [2.05, 4.69) is 15.3 Å². The van der Waals surface area contributed by atoms with Crippen molar-refractivity contribution in [2.24, 2.45) is 11.7 Å². The number of carbonyl (C=O) groups excluding carboxylic acids is 1. The number of hydrogen-bond donors (Lipinski definition) is 3. The summed E-state index contributed by atoms with van der Waals surface area (Å²) in [4.78, 5) is 28.7. The fourth-order valence-electron chi connectivity index (χ4n) is 2.20. The van der Waals surface area contributed by atoms with Crippen LogP contribution in [0.4, 0.5) is 5.82 Å². The van der Waals surface area contributed by atoms with Crippen LogP contribution in [0, 0.1) is 5.92 Å². The average Bonchev–Trinajstić information content (AvgIpc) is 2.36. The molecule has 2 rings (SSSR count). The van der Waals surface area contributed by atoms with E-state index in [1.807, 2.05) is 0 Å². The number of aromatic nitrogens is 2. The molecule has 1 fully saturated rings. The molecule has 0 aliphatic heterocycles. The van der Waals surface area contributed by atoms with Gasteiger partial charge in [0.15, 0.2) is 5.82 Å². The molecule has 1 heterocycles. The van der Waals surface area contributed by atoms with E-state index in [0.717, 1.165) is 25.7 Å². The Kier molecular flexibility index (Phi) is 3.86. The lowest BCUT2D eigenvalue weighted by molar-refractivity contribution is -0.122. The van der Waals surface area contributed by atoms with Gasteiger partial charge in [-0.25, -0.2) is 4.98 Å². The largest absolute Gasteiger partial charge is 0.369 e. The minimum atomic E-state index is -0.361. The summed E-state index contributed by atoms with van der Waals surface area (Å²) in [5.74, 6) is 0.120. The number of amides is 1. The van der Waals surface area contributed by atoms with Crippen molar-refractivity contribution in [3.63, 3.8) is 0 Å². The molecule has 0 unspecified atom stereocenters. The van der Waals surface area contributed by atoms with Gasteiger partial charge in [-0.2, -0.15) is 0 Å². The van der Waals surface area contributed by atoms with Crippen LogP contribution in [0.25, 0.3) is 0 Å². The van der Waals surface area contributed by atoms with E-state index in [4.69, 9.17) is 17.3 Å². The second kappa shape index (κ2) is 5.39. The predicted molar refractivity (Wildman–Crippen MR) is 68.4 cm³/mol. The number of halogens is 1. The zero-order valence-corrected chi connectivity index (χ0v) is 10.5. The van der Waals surface area contributed by atoms with Gasteiger partial charge in [0.1, 0.15) is 5.02 Å². The quantitative estimate of drug-likeness (QED) is 0.759. The van der Waals surface area contributed by atoms with E-state index < -0.39 is 0 Å². The van der Waals surface area contributed by atoms with Crippen molar-refractivity contribution >= 4 is 23.3 Å². The van der Waals surface area contributed by atoms with Gasteiger partial charge in [0, 0.05) is 12.0 Å². The number of aromatic amines is 1. The molecule has 0 aromatic carbocycles. The van der Waals surface area contributed by atoms with Crippen molar-refractivity contribution in [1.29, 1.82) is 0 Å². The maximum atomic E-state index is 11.3. The lowest BCUT2D eigenvalue weighted by atomic mass is 9.85. The van der Waals surface area contributed by atoms with Gasteiger partial charge in [0.05, 0.1) is 6.33 Å². The molecule has 0 spiro atoms. The van der Waals surface area contributed by atoms with Gasteiger partial charge >= 0.3 is 0 Å². The Hall–Kier alpha value is -1.56. The number of nitrogens with one attached hydrogen (secondary N) is 2. The Morgan fingerprint density at radius 2 is 2.11 bits per heavy atom. The number of nitrogens with two attached hydrogens (primary N) is 1. The van der Waals surface area contributed by atoms with E-state index in [1.165, 1.54) is 6.33 Å². The van der Waals surface area contributed by atoms with E-state index in [9.17, 15) is 9.59 Å². The molecule has 1 amide bonds. The standard InChI is InChI=1S/C11H15ClN4O2/c12-8-10(14-5-15-11(8)18)16-7-3-1-6(2-4-7)9(13)17/h5-7H,1-4H2,(H2,13,17)(H2,14,15,16,18). The first kappa shape index (κ1) is 12.9. The van der Waals surface area contributed by atoms with E-state index >= 15 is 0 Å². The van der Waals surface area contributed by atoms with Crippen LogP contribution < -0.4 is 16.6 Å². The number of rotatable bonds is 3. The molecule has 1 aromatic heterocycles. The third-order valence-electron chi connectivity index (χ3n) is 3.27. The Labute approximate surface area is 109 Å². The topological polar surface area (TPSA) is 101 Å². The molecular formula is C11H15ClN4O2. The van der Waals surface area contributed by atoms with Crippen LogP contribution in [0.5, 0.6) is 0 Å². The highest BCUT2D eigenvalue weighted by Crippen LogP contribution is 2.26. The smallest absolute Gasteiger partial charge is 0.271 e. The van der Waals surface area contributed by atoms with Gasteiger partial charge < -0.3 is 16.0 Å². The van der Waals surface area contributed by atoms with Gasteiger partial charge in [0.2, 0.25) is 5.91 Å². The maximum Gasteiger partial charge on any atom is 0.271 e. The summed E-state index contributed by atoms with van der Waals surface area (Å²) in [6.45, 7) is 0. The summed E-state index contributed by atoms with van der Waals surface area (Å²) in [6, 6.07) is 0.174. The minimum absolute atomic E-state index is 0.0364. The van der Waals surface area contributed by atoms with Crippen LogP contribution in [0.1, 0.15) is 25.7 Å². The lowest BCUT2D eigenvalue weighted by Gasteiger charge is -2.27. The Bertz CT molecular complexity index is 494. The second-order valence-electron chi connectivity index (χ2n) is 4.49. The fraction of sp³-hybridized carbons (Fsp3) is 0.545. The van der Waals surface area contributed by atoms with Crippen LogP contribution in [0.3, 0.4) is 0 Å². The zero-order valence-electron chi connectivity index (χ0n) is 9.78. The maximum absolute atomic E-state index is 11.3. The molecule has 6 nitrogen and oxygen atoms in total. The van der Waals surface area contributed by atoms with Crippen LogP contribution >= 0.6 is 11.6 Å². The molecule has 1 aromatic rings. The molecular weight excluding hydrogens is 256 g/mol. The number of anilines is 1. The molecule has 18 heavy (non-hydrogen) atoms. The van der Waals surface area contributed by atoms with Crippen molar-refractivity contribution in [2.45, 2.75) is 31.7 Å². The highest BCUT2D eigenvalue weighted by Gasteiger charge is 2.25. The molecule has 7 heteroatoms. The van der Waals surface area contributed by atoms with Crippen molar-refractivity contribution in [3.8, 4) is 0 Å². The highest BCUT2D eigenvalue weighted by atomic mass is 35.5. The van der Waals surface area contributed by atoms with Gasteiger partial charge in [0.25, 0.3) is 5.56 Å². The molecule has 4 N–H and O–H groups in total. The molecule has 1 aliphatic carbocycles. The van der Waals surface area contributed by atoms with Gasteiger partial charge in [-0.1, -0.05) is 11.6 Å². The van der Waals surface area contributed by atoms with Crippen molar-refractivity contribution in [3.05, 3.63) is 21.7 Å². The van der Waals surface area contributed by atoms with Crippen molar-refractivity contribution in [1.82, 2.24) is 9.97 Å². The molecule has 98 valence electrons. The predicted octanol–water partition coefficient (Wildman–Crippen LogP) is 0.879. The summed E-state index contributed by atoms with van der Waals surface area (Å²) in [5.41, 5.74) is 4.91. The van der Waals surface area contributed by atoms with Gasteiger partial charge in [-0.05, 0) is 25.7 Å². The number of carbonyl (C=O) groups is 1. The third-order valence-corrected chi connectivity index (χ3v) is 3.62. The number of H-pyrrole nitrogens is 1. The zero-order chi connectivity index (χ0) is 13.1. The van der Waals surface area contributed by atoms with E-state index in [1.54, 1.807) is 0 Å². The summed E-state index contributed by atoms with van der Waals surface area (Å²) in [5, 5.41) is 3.20. The summed E-state index contributed by atoms with van der Waals surface area (Å²) >= 11 is 5.85. The number of hydrogen-bond acceptors (Lipinski definition) is 4. The van der Waals surface area contributed by atoms with Gasteiger partial charge in [-0.3, -0.25) is 9.59 Å². The molecule has 0 bridgehead atoms. The molecule has 1 aliphatic rings. The van der Waals surface area contributed by atoms with Crippen LogP contribution in [-0.2, 0) is 4.79 Å². The lowest BCUT2D eigenvalue weighted by Crippen LogP contribution is -2.33. The normalized spacial score (nSPS) is 23.6. The Morgan fingerprint density at radius 3 is 2.72 bits per heavy atom. The monoisotopic (exact) mass is 270 g/mol.